The molecule has 0 aliphatic heterocycles. The summed E-state index contributed by atoms with van der Waals surface area (Å²) in [4.78, 5) is 0. The summed E-state index contributed by atoms with van der Waals surface area (Å²) >= 11 is 0. The second-order valence-corrected chi connectivity index (χ2v) is 4.28. The van der Waals surface area contributed by atoms with Crippen LogP contribution in [-0.2, 0) is 5.60 Å². The van der Waals surface area contributed by atoms with Crippen LogP contribution >= 0.6 is 0 Å². The van der Waals surface area contributed by atoms with Gasteiger partial charge in [0.2, 0.25) is 0 Å². The second kappa shape index (κ2) is 3.14. The Bertz CT molecular complexity index is 406. The van der Waals surface area contributed by atoms with Gasteiger partial charge >= 0.3 is 0 Å². The van der Waals surface area contributed by atoms with Gasteiger partial charge < -0.3 is 14.9 Å². The molecule has 0 amide bonds. The Labute approximate surface area is 89.3 Å². The quantitative estimate of drug-likeness (QED) is 0.781. The van der Waals surface area contributed by atoms with E-state index in [9.17, 15) is 10.2 Å². The SMILES string of the molecule is COc1c(C2(O)CC2)cc(C)c(C)c1O. The molecule has 82 valence electrons. The van der Waals surface area contributed by atoms with Crippen molar-refractivity contribution in [3.8, 4) is 11.5 Å². The first-order chi connectivity index (χ1) is 6.99. The number of rotatable bonds is 2. The molecule has 1 saturated carbocycles. The van der Waals surface area contributed by atoms with E-state index in [0.717, 1.165) is 24.0 Å². The number of benzene rings is 1. The van der Waals surface area contributed by atoms with E-state index < -0.39 is 5.60 Å². The molecule has 0 unspecified atom stereocenters. The number of aromatic hydroxyl groups is 1. The van der Waals surface area contributed by atoms with E-state index in [1.807, 2.05) is 19.9 Å². The van der Waals surface area contributed by atoms with Crippen molar-refractivity contribution in [1.82, 2.24) is 0 Å². The number of methoxy groups -OCH3 is 1. The van der Waals surface area contributed by atoms with Gasteiger partial charge in [-0.3, -0.25) is 0 Å². The molecular formula is C12H16O3. The summed E-state index contributed by atoms with van der Waals surface area (Å²) in [5.74, 6) is 0.561. The van der Waals surface area contributed by atoms with E-state index in [0.29, 0.717) is 11.3 Å². The Balaban J connectivity index is 2.63. The van der Waals surface area contributed by atoms with Gasteiger partial charge in [0, 0.05) is 5.56 Å². The Morgan fingerprint density at radius 2 is 1.93 bits per heavy atom. The molecule has 15 heavy (non-hydrogen) atoms. The number of aryl methyl sites for hydroxylation is 1. The molecule has 0 radical (unpaired) electrons. The summed E-state index contributed by atoms with van der Waals surface area (Å²) in [5, 5.41) is 20.0. The number of aliphatic hydroxyl groups is 1. The highest BCUT2D eigenvalue weighted by Gasteiger charge is 2.45. The summed E-state index contributed by atoms with van der Waals surface area (Å²) in [6.45, 7) is 3.76. The van der Waals surface area contributed by atoms with Gasteiger partial charge in [-0.05, 0) is 43.9 Å². The molecule has 1 aromatic rings. The lowest BCUT2D eigenvalue weighted by atomic mass is 9.98. The van der Waals surface area contributed by atoms with Crippen LogP contribution in [0.2, 0.25) is 0 Å². The molecule has 3 nitrogen and oxygen atoms in total. The second-order valence-electron chi connectivity index (χ2n) is 4.28. The maximum atomic E-state index is 10.1. The molecule has 3 heteroatoms. The zero-order valence-electron chi connectivity index (χ0n) is 9.29. The molecule has 2 rings (SSSR count). The normalized spacial score (nSPS) is 17.6. The fraction of sp³-hybridized carbons (Fsp3) is 0.500. The van der Waals surface area contributed by atoms with Crippen molar-refractivity contribution in [2.45, 2.75) is 32.3 Å². The van der Waals surface area contributed by atoms with E-state index in [1.165, 1.54) is 7.11 Å². The van der Waals surface area contributed by atoms with Crippen LogP contribution in [0, 0.1) is 13.8 Å². The van der Waals surface area contributed by atoms with Crippen LogP contribution in [0.5, 0.6) is 11.5 Å². The zero-order chi connectivity index (χ0) is 11.2. The summed E-state index contributed by atoms with van der Waals surface area (Å²) in [5.41, 5.74) is 1.72. The molecule has 1 fully saturated rings. The van der Waals surface area contributed by atoms with Crippen LogP contribution in [0.4, 0.5) is 0 Å². The maximum Gasteiger partial charge on any atom is 0.166 e. The van der Waals surface area contributed by atoms with E-state index in [1.54, 1.807) is 0 Å². The van der Waals surface area contributed by atoms with Crippen LogP contribution in [0.25, 0.3) is 0 Å². The molecular weight excluding hydrogens is 192 g/mol. The van der Waals surface area contributed by atoms with Crippen molar-refractivity contribution < 1.29 is 14.9 Å². The van der Waals surface area contributed by atoms with Gasteiger partial charge in [0.15, 0.2) is 11.5 Å². The number of ether oxygens (including phenoxy) is 1. The van der Waals surface area contributed by atoms with E-state index in [4.69, 9.17) is 4.74 Å². The highest BCUT2D eigenvalue weighted by atomic mass is 16.5. The van der Waals surface area contributed by atoms with Crippen LogP contribution < -0.4 is 4.74 Å². The lowest BCUT2D eigenvalue weighted by Crippen LogP contribution is -2.08. The highest BCUT2D eigenvalue weighted by Crippen LogP contribution is 2.52. The van der Waals surface area contributed by atoms with Crippen LogP contribution in [0.3, 0.4) is 0 Å². The molecule has 2 N–H and O–H groups in total. The van der Waals surface area contributed by atoms with Crippen molar-refractivity contribution >= 4 is 0 Å². The monoisotopic (exact) mass is 208 g/mol. The molecule has 1 aliphatic carbocycles. The predicted molar refractivity (Wildman–Crippen MR) is 57.3 cm³/mol. The maximum absolute atomic E-state index is 10.1. The molecule has 0 heterocycles. The van der Waals surface area contributed by atoms with Crippen LogP contribution in [0.1, 0.15) is 29.5 Å². The minimum atomic E-state index is -0.777. The average molecular weight is 208 g/mol. The van der Waals surface area contributed by atoms with Gasteiger partial charge in [-0.1, -0.05) is 0 Å². The third-order valence-corrected chi connectivity index (χ3v) is 3.20. The smallest absolute Gasteiger partial charge is 0.166 e. The lowest BCUT2D eigenvalue weighted by molar-refractivity contribution is 0.146. The molecule has 0 atom stereocenters. The summed E-state index contributed by atoms with van der Waals surface area (Å²) < 4.78 is 5.17. The Morgan fingerprint density at radius 3 is 2.40 bits per heavy atom. The van der Waals surface area contributed by atoms with Gasteiger partial charge in [-0.15, -0.1) is 0 Å². The van der Waals surface area contributed by atoms with Gasteiger partial charge in [0.25, 0.3) is 0 Å². The summed E-state index contributed by atoms with van der Waals surface area (Å²) in [7, 11) is 1.51. The average Bonchev–Trinajstić information content (AvgIpc) is 2.94. The first kappa shape index (κ1) is 10.3. The molecule has 0 aromatic heterocycles. The standard InChI is InChI=1S/C12H16O3/c1-7-6-9(12(14)4-5-12)11(15-3)10(13)8(7)2/h6,13-14H,4-5H2,1-3H3. The van der Waals surface area contributed by atoms with Crippen LogP contribution in [0.15, 0.2) is 6.07 Å². The minimum absolute atomic E-state index is 0.146. The van der Waals surface area contributed by atoms with Crippen LogP contribution in [-0.4, -0.2) is 17.3 Å². The Morgan fingerprint density at radius 1 is 1.33 bits per heavy atom. The third kappa shape index (κ3) is 1.47. The van der Waals surface area contributed by atoms with Gasteiger partial charge in [-0.25, -0.2) is 0 Å². The molecule has 1 aromatic carbocycles. The number of hydrogen-bond acceptors (Lipinski definition) is 3. The summed E-state index contributed by atoms with van der Waals surface area (Å²) in [6.07, 6.45) is 1.48. The fourth-order valence-corrected chi connectivity index (χ4v) is 1.81. The van der Waals surface area contributed by atoms with Gasteiger partial charge in [0.05, 0.1) is 12.7 Å². The molecule has 0 saturated heterocycles. The predicted octanol–water partition coefficient (Wildman–Crippen LogP) is 2.00. The Kier molecular flexibility index (Phi) is 2.15. The minimum Gasteiger partial charge on any atom is -0.504 e. The van der Waals surface area contributed by atoms with Crippen molar-refractivity contribution in [2.24, 2.45) is 0 Å². The van der Waals surface area contributed by atoms with E-state index in [2.05, 4.69) is 0 Å². The number of phenolic OH excluding ortho intramolecular Hbond substituents is 1. The van der Waals surface area contributed by atoms with E-state index in [-0.39, 0.29) is 5.75 Å². The van der Waals surface area contributed by atoms with Crippen molar-refractivity contribution in [3.63, 3.8) is 0 Å². The number of hydrogen-bond donors (Lipinski definition) is 2. The third-order valence-electron chi connectivity index (χ3n) is 3.20. The topological polar surface area (TPSA) is 49.7 Å². The van der Waals surface area contributed by atoms with Crippen molar-refractivity contribution in [3.05, 3.63) is 22.8 Å². The van der Waals surface area contributed by atoms with Crippen molar-refractivity contribution in [1.29, 1.82) is 0 Å². The molecule has 0 bridgehead atoms. The lowest BCUT2D eigenvalue weighted by Gasteiger charge is -2.17. The first-order valence-electron chi connectivity index (χ1n) is 5.09. The summed E-state index contributed by atoms with van der Waals surface area (Å²) in [6, 6.07) is 1.90. The largest absolute Gasteiger partial charge is 0.504 e. The highest BCUT2D eigenvalue weighted by molar-refractivity contribution is 5.56. The fourth-order valence-electron chi connectivity index (χ4n) is 1.81. The molecule has 0 spiro atoms. The molecule has 1 aliphatic rings. The first-order valence-corrected chi connectivity index (χ1v) is 5.09. The van der Waals surface area contributed by atoms with Crippen molar-refractivity contribution in [2.75, 3.05) is 7.11 Å². The van der Waals surface area contributed by atoms with Gasteiger partial charge in [0.1, 0.15) is 0 Å². The zero-order valence-corrected chi connectivity index (χ0v) is 9.29. The Hall–Kier alpha value is -1.22. The van der Waals surface area contributed by atoms with E-state index >= 15 is 0 Å². The van der Waals surface area contributed by atoms with Gasteiger partial charge in [-0.2, -0.15) is 0 Å². The number of phenols is 1.